The molecule has 0 saturated carbocycles. The molecule has 0 bridgehead atoms. The summed E-state index contributed by atoms with van der Waals surface area (Å²) in [6, 6.07) is 65.5. The molecule has 4 heterocycles. The van der Waals surface area contributed by atoms with Crippen molar-refractivity contribution >= 4 is 65.6 Å². The molecule has 266 valence electrons. The molecule has 12 aromatic rings. The molecule has 0 aliphatic rings. The molecule has 0 fully saturated rings. The third kappa shape index (κ3) is 4.87. The van der Waals surface area contributed by atoms with Gasteiger partial charge in [0.2, 0.25) is 5.95 Å². The molecule has 4 aromatic heterocycles. The average Bonchev–Trinajstić information content (AvgIpc) is 3.94. The van der Waals surface area contributed by atoms with Gasteiger partial charge in [-0.3, -0.25) is 4.57 Å². The van der Waals surface area contributed by atoms with Crippen molar-refractivity contribution in [3.63, 3.8) is 0 Å². The smallest absolute Gasteiger partial charge is 0.238 e. The maximum absolute atomic E-state index is 6.27. The monoisotopic (exact) mass is 729 g/mol. The van der Waals surface area contributed by atoms with E-state index in [1.807, 2.05) is 36.4 Å². The van der Waals surface area contributed by atoms with Crippen molar-refractivity contribution in [2.45, 2.75) is 0 Å². The fourth-order valence-corrected chi connectivity index (χ4v) is 8.63. The molecule has 0 atom stereocenters. The van der Waals surface area contributed by atoms with Crippen LogP contribution in [0.3, 0.4) is 0 Å². The minimum Gasteiger partial charge on any atom is -0.456 e. The average molecular weight is 730 g/mol. The van der Waals surface area contributed by atoms with Crippen LogP contribution in [0, 0.1) is 0 Å². The Morgan fingerprint density at radius 2 is 0.947 bits per heavy atom. The van der Waals surface area contributed by atoms with Crippen LogP contribution in [-0.2, 0) is 0 Å². The number of nitrogens with zero attached hydrogens (tertiary/aromatic N) is 5. The zero-order chi connectivity index (χ0) is 37.5. The molecule has 0 N–H and O–H groups in total. The van der Waals surface area contributed by atoms with Crippen LogP contribution in [-0.4, -0.2) is 24.1 Å². The van der Waals surface area contributed by atoms with Crippen molar-refractivity contribution in [3.8, 4) is 45.5 Å². The summed E-state index contributed by atoms with van der Waals surface area (Å²) >= 11 is 0. The lowest BCUT2D eigenvalue weighted by Crippen LogP contribution is -2.06. The Labute approximate surface area is 326 Å². The Morgan fingerprint density at radius 1 is 0.351 bits per heavy atom. The standard InChI is InChI=1S/C51H31N5O/c1-3-14-32(15-4-1)49-52-50(35-17-13-16-33(30-35)34-26-27-39-38-21-9-12-25-45(38)57-46(39)31-34)54-51(53-49)56-42-23-10-7-20-37(42)40-28-29-44-47(48(40)56)41-22-8-11-24-43(41)55(44)36-18-5-2-6-19-36/h1-31H. The number of para-hydroxylation sites is 4. The SMILES string of the molecule is c1ccc(-c2nc(-c3cccc(-c4ccc5c(c4)oc4ccccc45)c3)nc(-n3c4ccccc4c4ccc5c(c6ccccc6n5-c5ccccc5)c43)n2)cc1. The first kappa shape index (κ1) is 31.5. The van der Waals surface area contributed by atoms with Gasteiger partial charge in [-0.05, 0) is 65.7 Å². The lowest BCUT2D eigenvalue weighted by Gasteiger charge is -2.12. The van der Waals surface area contributed by atoms with E-state index < -0.39 is 0 Å². The van der Waals surface area contributed by atoms with E-state index in [4.69, 9.17) is 19.4 Å². The van der Waals surface area contributed by atoms with Crippen LogP contribution in [0.2, 0.25) is 0 Å². The highest BCUT2D eigenvalue weighted by Gasteiger charge is 2.23. The minimum atomic E-state index is 0.559. The molecule has 8 aromatic carbocycles. The molecule has 12 rings (SSSR count). The Kier molecular flexibility index (Phi) is 6.83. The van der Waals surface area contributed by atoms with E-state index >= 15 is 0 Å². The quantitative estimate of drug-likeness (QED) is 0.177. The number of furan rings is 1. The molecular weight excluding hydrogens is 699 g/mol. The van der Waals surface area contributed by atoms with Gasteiger partial charge in [0.05, 0.1) is 22.1 Å². The molecule has 0 radical (unpaired) electrons. The van der Waals surface area contributed by atoms with Crippen molar-refractivity contribution in [1.82, 2.24) is 24.1 Å². The number of hydrogen-bond donors (Lipinski definition) is 0. The van der Waals surface area contributed by atoms with Gasteiger partial charge in [0.25, 0.3) is 0 Å². The minimum absolute atomic E-state index is 0.559. The Morgan fingerprint density at radius 3 is 1.77 bits per heavy atom. The Balaban J connectivity index is 1.12. The maximum Gasteiger partial charge on any atom is 0.238 e. The lowest BCUT2D eigenvalue weighted by atomic mass is 10.0. The van der Waals surface area contributed by atoms with Crippen LogP contribution in [0.25, 0.3) is 111 Å². The highest BCUT2D eigenvalue weighted by Crippen LogP contribution is 2.42. The van der Waals surface area contributed by atoms with Crippen molar-refractivity contribution < 1.29 is 4.42 Å². The molecule has 0 aliphatic carbocycles. The lowest BCUT2D eigenvalue weighted by molar-refractivity contribution is 0.669. The van der Waals surface area contributed by atoms with E-state index in [2.05, 4.69) is 161 Å². The van der Waals surface area contributed by atoms with Gasteiger partial charge in [0.15, 0.2) is 11.6 Å². The van der Waals surface area contributed by atoms with Gasteiger partial charge in [-0.25, -0.2) is 4.98 Å². The van der Waals surface area contributed by atoms with E-state index in [9.17, 15) is 0 Å². The van der Waals surface area contributed by atoms with E-state index in [0.29, 0.717) is 17.6 Å². The first-order chi connectivity index (χ1) is 28.3. The maximum atomic E-state index is 6.27. The summed E-state index contributed by atoms with van der Waals surface area (Å²) in [4.78, 5) is 15.8. The number of fused-ring (bicyclic) bond motifs is 10. The van der Waals surface area contributed by atoms with Gasteiger partial charge in [-0.15, -0.1) is 0 Å². The van der Waals surface area contributed by atoms with Crippen LogP contribution in [0.15, 0.2) is 192 Å². The number of aromatic nitrogens is 5. The predicted molar refractivity (Wildman–Crippen MR) is 232 cm³/mol. The first-order valence-corrected chi connectivity index (χ1v) is 19.1. The second kappa shape index (κ2) is 12.3. The van der Waals surface area contributed by atoms with Gasteiger partial charge in [-0.2, -0.15) is 9.97 Å². The topological polar surface area (TPSA) is 61.7 Å². The van der Waals surface area contributed by atoms with Crippen molar-refractivity contribution in [2.24, 2.45) is 0 Å². The normalized spacial score (nSPS) is 11.9. The number of rotatable bonds is 5. The van der Waals surface area contributed by atoms with Crippen LogP contribution in [0.1, 0.15) is 0 Å². The Hall–Kier alpha value is -7.83. The van der Waals surface area contributed by atoms with Gasteiger partial charge in [0, 0.05) is 49.1 Å². The molecular formula is C51H31N5O. The van der Waals surface area contributed by atoms with E-state index in [1.165, 1.54) is 0 Å². The summed E-state index contributed by atoms with van der Waals surface area (Å²) in [7, 11) is 0. The van der Waals surface area contributed by atoms with Crippen molar-refractivity contribution in [1.29, 1.82) is 0 Å². The van der Waals surface area contributed by atoms with Crippen molar-refractivity contribution in [2.75, 3.05) is 0 Å². The third-order valence-electron chi connectivity index (χ3n) is 11.2. The number of benzene rings is 8. The van der Waals surface area contributed by atoms with Gasteiger partial charge >= 0.3 is 0 Å². The van der Waals surface area contributed by atoms with Crippen LogP contribution < -0.4 is 0 Å². The second-order valence-electron chi connectivity index (χ2n) is 14.4. The zero-order valence-electron chi connectivity index (χ0n) is 30.5. The van der Waals surface area contributed by atoms with Crippen LogP contribution in [0.4, 0.5) is 0 Å². The molecule has 0 aliphatic heterocycles. The van der Waals surface area contributed by atoms with Gasteiger partial charge in [0.1, 0.15) is 11.2 Å². The summed E-state index contributed by atoms with van der Waals surface area (Å²) in [6.07, 6.45) is 0. The van der Waals surface area contributed by atoms with Gasteiger partial charge in [-0.1, -0.05) is 133 Å². The molecule has 6 nitrogen and oxygen atoms in total. The molecule has 0 saturated heterocycles. The van der Waals surface area contributed by atoms with Crippen LogP contribution >= 0.6 is 0 Å². The third-order valence-corrected chi connectivity index (χ3v) is 11.2. The zero-order valence-corrected chi connectivity index (χ0v) is 30.5. The molecule has 0 spiro atoms. The predicted octanol–water partition coefficient (Wildman–Crippen LogP) is 13.0. The summed E-state index contributed by atoms with van der Waals surface area (Å²) in [5.41, 5.74) is 11.1. The molecule has 57 heavy (non-hydrogen) atoms. The fraction of sp³-hybridized carbons (Fsp3) is 0. The number of hydrogen-bond acceptors (Lipinski definition) is 4. The first-order valence-electron chi connectivity index (χ1n) is 19.1. The fourth-order valence-electron chi connectivity index (χ4n) is 8.63. The van der Waals surface area contributed by atoms with E-state index in [-0.39, 0.29) is 0 Å². The highest BCUT2D eigenvalue weighted by atomic mass is 16.3. The Bertz CT molecular complexity index is 3520. The van der Waals surface area contributed by atoms with E-state index in [0.717, 1.165) is 93.5 Å². The summed E-state index contributed by atoms with van der Waals surface area (Å²) in [6.45, 7) is 0. The van der Waals surface area contributed by atoms with Gasteiger partial charge < -0.3 is 8.98 Å². The second-order valence-corrected chi connectivity index (χ2v) is 14.4. The highest BCUT2D eigenvalue weighted by molar-refractivity contribution is 6.26. The molecule has 6 heteroatoms. The summed E-state index contributed by atoms with van der Waals surface area (Å²) in [5.74, 6) is 1.76. The van der Waals surface area contributed by atoms with E-state index in [1.54, 1.807) is 0 Å². The summed E-state index contributed by atoms with van der Waals surface area (Å²) in [5, 5.41) is 6.81. The van der Waals surface area contributed by atoms with Crippen molar-refractivity contribution in [3.05, 3.63) is 188 Å². The molecule has 0 amide bonds. The largest absolute Gasteiger partial charge is 0.456 e. The van der Waals surface area contributed by atoms with Crippen LogP contribution in [0.5, 0.6) is 0 Å². The molecule has 0 unspecified atom stereocenters. The summed E-state index contributed by atoms with van der Waals surface area (Å²) < 4.78 is 10.9.